The Kier molecular flexibility index (Phi) is 5.81. The molecule has 1 saturated heterocycles. The first-order valence-electron chi connectivity index (χ1n) is 10.9. The molecule has 3 heterocycles. The van der Waals surface area contributed by atoms with Crippen LogP contribution in [0.25, 0.3) is 11.3 Å². The third-order valence-corrected chi connectivity index (χ3v) is 5.98. The Morgan fingerprint density at radius 1 is 1.11 bits per heavy atom. The molecule has 3 N–H and O–H groups in total. The molecule has 11 heteroatoms. The zero-order valence-corrected chi connectivity index (χ0v) is 18.7. The second-order valence-corrected chi connectivity index (χ2v) is 8.29. The molecular weight excluding hydrogens is 454 g/mol. The van der Waals surface area contributed by atoms with Crippen molar-refractivity contribution in [3.8, 4) is 22.8 Å². The second-order valence-electron chi connectivity index (χ2n) is 8.29. The fraction of sp³-hybridized carbons (Fsp3) is 0.250. The number of ether oxygens (including phenoxy) is 2. The summed E-state index contributed by atoms with van der Waals surface area (Å²) in [5, 5.41) is 29.3. The molecule has 35 heavy (non-hydrogen) atoms. The van der Waals surface area contributed by atoms with E-state index in [-0.39, 0.29) is 6.42 Å². The van der Waals surface area contributed by atoms with Gasteiger partial charge in [0.1, 0.15) is 29.5 Å². The van der Waals surface area contributed by atoms with E-state index >= 15 is 0 Å². The molecule has 1 aliphatic rings. The Labute approximate surface area is 198 Å². The first-order chi connectivity index (χ1) is 16.9. The molecule has 11 nitrogen and oxygen atoms in total. The molecule has 0 radical (unpaired) electrons. The van der Waals surface area contributed by atoms with E-state index in [2.05, 4.69) is 15.3 Å². The average Bonchev–Trinajstić information content (AvgIpc) is 3.48. The zero-order chi connectivity index (χ0) is 24.6. The van der Waals surface area contributed by atoms with Gasteiger partial charge in [-0.05, 0) is 43.3 Å². The van der Waals surface area contributed by atoms with E-state index in [1.165, 1.54) is 15.4 Å². The topological polar surface area (TPSA) is 144 Å². The number of aromatic nitrogens is 5. The van der Waals surface area contributed by atoms with E-state index in [1.54, 1.807) is 25.3 Å². The number of para-hydroxylation sites is 1. The van der Waals surface area contributed by atoms with Crippen LogP contribution in [-0.2, 0) is 10.5 Å². The van der Waals surface area contributed by atoms with Crippen LogP contribution in [0.4, 0.5) is 0 Å². The zero-order valence-electron chi connectivity index (χ0n) is 18.7. The Hall–Kier alpha value is -4.06. The summed E-state index contributed by atoms with van der Waals surface area (Å²) in [6, 6.07) is 16.6. The van der Waals surface area contributed by atoms with E-state index in [0.29, 0.717) is 17.0 Å². The molecule has 1 fully saturated rings. The minimum Gasteiger partial charge on any atom is -0.457 e. The second kappa shape index (κ2) is 8.95. The molecule has 0 amide bonds. The van der Waals surface area contributed by atoms with Crippen LogP contribution in [-0.4, -0.2) is 47.5 Å². The summed E-state index contributed by atoms with van der Waals surface area (Å²) in [7, 11) is 0. The summed E-state index contributed by atoms with van der Waals surface area (Å²) in [6.07, 6.45) is 0.774. The Morgan fingerprint density at radius 3 is 2.54 bits per heavy atom. The maximum absolute atomic E-state index is 12.3. The first kappa shape index (κ1) is 22.7. The summed E-state index contributed by atoms with van der Waals surface area (Å²) in [5.41, 5.74) is -1.30. The number of nitrogens with one attached hydrogen (secondary N) is 1. The number of aryl methyl sites for hydroxylation is 1. The molecule has 0 bridgehead atoms. The van der Waals surface area contributed by atoms with Crippen LogP contribution < -0.4 is 16.0 Å². The SMILES string of the molecule is Cc1cn([C@H]2C[C@H](O)[C@](CO)(n3cc(-c4ccc(Oc5ccccc5)cc4)nn3)O2)c(=O)[nH]c1=O. The van der Waals surface area contributed by atoms with Crippen LogP contribution in [0.5, 0.6) is 11.5 Å². The first-order valence-corrected chi connectivity index (χ1v) is 10.9. The number of benzene rings is 2. The molecule has 1 aliphatic heterocycles. The minimum absolute atomic E-state index is 0.00728. The van der Waals surface area contributed by atoms with Gasteiger partial charge in [-0.2, -0.15) is 0 Å². The van der Waals surface area contributed by atoms with Gasteiger partial charge in [0.05, 0.1) is 12.8 Å². The van der Waals surface area contributed by atoms with Gasteiger partial charge in [-0.3, -0.25) is 14.3 Å². The maximum Gasteiger partial charge on any atom is 0.330 e. The number of H-pyrrole nitrogens is 1. The number of hydrogen-bond acceptors (Lipinski definition) is 8. The number of aromatic amines is 1. The molecule has 3 atom stereocenters. The highest BCUT2D eigenvalue weighted by molar-refractivity contribution is 5.59. The van der Waals surface area contributed by atoms with Crippen LogP contribution in [0.3, 0.4) is 0 Å². The molecular formula is C24H23N5O6. The lowest BCUT2D eigenvalue weighted by Gasteiger charge is -2.29. The van der Waals surface area contributed by atoms with Crippen molar-refractivity contribution in [2.24, 2.45) is 0 Å². The summed E-state index contributed by atoms with van der Waals surface area (Å²) in [6.45, 7) is 0.938. The fourth-order valence-corrected chi connectivity index (χ4v) is 4.03. The molecule has 180 valence electrons. The highest BCUT2D eigenvalue weighted by Crippen LogP contribution is 2.39. The van der Waals surface area contributed by atoms with E-state index in [9.17, 15) is 19.8 Å². The third-order valence-electron chi connectivity index (χ3n) is 5.98. The third kappa shape index (κ3) is 4.16. The molecule has 0 unspecified atom stereocenters. The van der Waals surface area contributed by atoms with E-state index in [0.717, 1.165) is 11.3 Å². The Bertz CT molecular complexity index is 1450. The van der Waals surface area contributed by atoms with Gasteiger partial charge in [0, 0.05) is 23.7 Å². The van der Waals surface area contributed by atoms with Crippen LogP contribution in [0.15, 0.2) is 76.6 Å². The van der Waals surface area contributed by atoms with Gasteiger partial charge < -0.3 is 19.7 Å². The van der Waals surface area contributed by atoms with Crippen molar-refractivity contribution in [2.75, 3.05) is 6.61 Å². The lowest BCUT2D eigenvalue weighted by Crippen LogP contribution is -2.46. The highest BCUT2D eigenvalue weighted by Gasteiger charge is 2.51. The number of hydrogen-bond donors (Lipinski definition) is 3. The molecule has 4 aromatic rings. The van der Waals surface area contributed by atoms with Crippen LogP contribution in [0, 0.1) is 6.92 Å². The minimum atomic E-state index is -1.66. The van der Waals surface area contributed by atoms with E-state index in [4.69, 9.17) is 9.47 Å². The largest absolute Gasteiger partial charge is 0.457 e. The van der Waals surface area contributed by atoms with Crippen molar-refractivity contribution in [3.05, 3.63) is 93.4 Å². The monoisotopic (exact) mass is 477 g/mol. The number of nitrogens with zero attached hydrogens (tertiary/aromatic N) is 4. The normalized spacial score (nSPS) is 21.8. The Morgan fingerprint density at radius 2 is 1.83 bits per heavy atom. The Balaban J connectivity index is 1.39. The van der Waals surface area contributed by atoms with Gasteiger partial charge in [0.25, 0.3) is 5.56 Å². The van der Waals surface area contributed by atoms with Gasteiger partial charge in [0.2, 0.25) is 5.72 Å². The molecule has 0 saturated carbocycles. The highest BCUT2D eigenvalue weighted by atomic mass is 16.6. The van der Waals surface area contributed by atoms with E-state index < -0.39 is 35.9 Å². The summed E-state index contributed by atoms with van der Waals surface area (Å²) >= 11 is 0. The standard InChI is InChI=1S/C24H23N5O6/c1-15-12-28(23(33)25-22(15)32)21-11-20(31)24(14-30,35-21)29-13-19(26-27-29)16-7-9-18(10-8-16)34-17-5-3-2-4-6-17/h2-10,12-13,20-21,30-31H,11,14H2,1H3,(H,25,32,33)/t20-,21+,24+/m0/s1. The van der Waals surface area contributed by atoms with Crippen LogP contribution in [0.1, 0.15) is 18.2 Å². The summed E-state index contributed by atoms with van der Waals surface area (Å²) in [4.78, 5) is 26.2. The van der Waals surface area contributed by atoms with E-state index in [1.807, 2.05) is 42.5 Å². The lowest BCUT2D eigenvalue weighted by atomic mass is 10.1. The van der Waals surface area contributed by atoms with Crippen molar-refractivity contribution in [1.29, 1.82) is 0 Å². The maximum atomic E-state index is 12.3. The molecule has 2 aromatic carbocycles. The summed E-state index contributed by atoms with van der Waals surface area (Å²) < 4.78 is 14.2. The molecule has 2 aromatic heterocycles. The van der Waals surface area contributed by atoms with Crippen molar-refractivity contribution >= 4 is 0 Å². The number of rotatable bonds is 6. The quantitative estimate of drug-likeness (QED) is 0.379. The van der Waals surface area contributed by atoms with Crippen molar-refractivity contribution in [1.82, 2.24) is 24.5 Å². The van der Waals surface area contributed by atoms with Crippen LogP contribution in [0.2, 0.25) is 0 Å². The smallest absolute Gasteiger partial charge is 0.330 e. The number of aliphatic hydroxyl groups excluding tert-OH is 2. The molecule has 0 spiro atoms. The average molecular weight is 477 g/mol. The van der Waals surface area contributed by atoms with Gasteiger partial charge in [-0.15, -0.1) is 5.10 Å². The predicted molar refractivity (Wildman–Crippen MR) is 124 cm³/mol. The molecule has 5 rings (SSSR count). The predicted octanol–water partition coefficient (Wildman–Crippen LogP) is 1.52. The lowest BCUT2D eigenvalue weighted by molar-refractivity contribution is -0.187. The van der Waals surface area contributed by atoms with Gasteiger partial charge >= 0.3 is 5.69 Å². The van der Waals surface area contributed by atoms with Gasteiger partial charge in [-0.25, -0.2) is 9.48 Å². The molecule has 0 aliphatic carbocycles. The summed E-state index contributed by atoms with van der Waals surface area (Å²) in [5.74, 6) is 1.37. The van der Waals surface area contributed by atoms with Gasteiger partial charge in [-0.1, -0.05) is 23.4 Å². The van der Waals surface area contributed by atoms with Crippen molar-refractivity contribution in [3.63, 3.8) is 0 Å². The van der Waals surface area contributed by atoms with Crippen molar-refractivity contribution < 1.29 is 19.7 Å². The van der Waals surface area contributed by atoms with Crippen LogP contribution >= 0.6 is 0 Å². The fourth-order valence-electron chi connectivity index (χ4n) is 4.03. The number of aliphatic hydroxyl groups is 2. The van der Waals surface area contributed by atoms with Crippen molar-refractivity contribution in [2.45, 2.75) is 31.4 Å². The van der Waals surface area contributed by atoms with Gasteiger partial charge in [0.15, 0.2) is 0 Å².